The van der Waals surface area contributed by atoms with Crippen molar-refractivity contribution >= 4 is 21.9 Å². The molecule has 128 valence electrons. The highest BCUT2D eigenvalue weighted by Gasteiger charge is 2.26. The predicted molar refractivity (Wildman–Crippen MR) is 82.6 cm³/mol. The van der Waals surface area contributed by atoms with Gasteiger partial charge in [-0.1, -0.05) is 6.92 Å². The smallest absolute Gasteiger partial charge is 0.328 e. The molecule has 0 bridgehead atoms. The quantitative estimate of drug-likeness (QED) is 0.662. The topological polar surface area (TPSA) is 102 Å². The second-order valence-electron chi connectivity index (χ2n) is 5.87. The van der Waals surface area contributed by atoms with Gasteiger partial charge in [-0.15, -0.1) is 0 Å². The van der Waals surface area contributed by atoms with Gasteiger partial charge < -0.3 is 10.1 Å². The van der Waals surface area contributed by atoms with Crippen LogP contribution in [0.5, 0.6) is 0 Å². The van der Waals surface area contributed by atoms with Crippen LogP contribution in [0.15, 0.2) is 0 Å². The number of carbonyl (C=O) groups is 2. The molecule has 7 nitrogen and oxygen atoms in total. The number of nitrogens with one attached hydrogen (secondary N) is 2. The van der Waals surface area contributed by atoms with Crippen molar-refractivity contribution in [3.8, 4) is 0 Å². The van der Waals surface area contributed by atoms with E-state index in [1.54, 1.807) is 6.92 Å². The maximum absolute atomic E-state index is 12.0. The number of carbonyl (C=O) groups excluding carboxylic acids is 2. The first-order chi connectivity index (χ1) is 10.2. The molecule has 1 saturated carbocycles. The van der Waals surface area contributed by atoms with Crippen LogP contribution in [0.25, 0.3) is 0 Å². The summed E-state index contributed by atoms with van der Waals surface area (Å²) in [4.78, 5) is 23.1. The predicted octanol–water partition coefficient (Wildman–Crippen LogP) is 0.552. The lowest BCUT2D eigenvalue weighted by Gasteiger charge is -2.26. The zero-order chi connectivity index (χ0) is 16.8. The molecular weight excluding hydrogens is 308 g/mol. The van der Waals surface area contributed by atoms with Crippen LogP contribution in [0, 0.1) is 5.92 Å². The highest BCUT2D eigenvalue weighted by atomic mass is 32.2. The van der Waals surface area contributed by atoms with E-state index in [9.17, 15) is 18.0 Å². The van der Waals surface area contributed by atoms with Crippen molar-refractivity contribution in [3.05, 3.63) is 0 Å². The number of hydrogen-bond acceptors (Lipinski definition) is 5. The van der Waals surface area contributed by atoms with Gasteiger partial charge >= 0.3 is 5.97 Å². The molecule has 1 amide bonds. The molecule has 8 heteroatoms. The second kappa shape index (κ2) is 8.47. The third-order valence-corrected chi connectivity index (χ3v) is 5.04. The Morgan fingerprint density at radius 3 is 2.36 bits per heavy atom. The first-order valence-electron chi connectivity index (χ1n) is 7.69. The lowest BCUT2D eigenvalue weighted by atomic mass is 9.88. The molecule has 0 aliphatic heterocycles. The standard InChI is InChI=1S/C14H26N2O5S/c1-4-21-14(18)11(3)15-13(17)9-22(19,20)16-12-7-5-10(2)6-8-12/h10-12,16H,4-9H2,1-3H3,(H,15,17). The number of rotatable bonds is 7. The molecule has 1 aliphatic carbocycles. The Labute approximate surface area is 132 Å². The van der Waals surface area contributed by atoms with Gasteiger partial charge in [0.25, 0.3) is 0 Å². The molecule has 0 aromatic heterocycles. The lowest BCUT2D eigenvalue weighted by molar-refractivity contribution is -0.146. The van der Waals surface area contributed by atoms with E-state index in [2.05, 4.69) is 17.0 Å². The van der Waals surface area contributed by atoms with Crippen LogP contribution in [0.2, 0.25) is 0 Å². The maximum Gasteiger partial charge on any atom is 0.328 e. The Kier molecular flexibility index (Phi) is 7.28. The van der Waals surface area contributed by atoms with Crippen molar-refractivity contribution in [1.29, 1.82) is 0 Å². The number of sulfonamides is 1. The van der Waals surface area contributed by atoms with Crippen LogP contribution in [-0.2, 0) is 24.3 Å². The Hall–Kier alpha value is -1.15. The van der Waals surface area contributed by atoms with Gasteiger partial charge in [-0.25, -0.2) is 17.9 Å². The van der Waals surface area contributed by atoms with E-state index in [4.69, 9.17) is 4.74 Å². The van der Waals surface area contributed by atoms with Gasteiger partial charge in [0.05, 0.1) is 6.61 Å². The molecule has 1 rings (SSSR count). The number of ether oxygens (including phenoxy) is 1. The molecule has 0 radical (unpaired) electrons. The van der Waals surface area contributed by atoms with Crippen LogP contribution in [0.1, 0.15) is 46.5 Å². The molecule has 0 heterocycles. The minimum absolute atomic E-state index is 0.100. The first-order valence-corrected chi connectivity index (χ1v) is 9.34. The minimum atomic E-state index is -3.70. The Bertz CT molecular complexity index is 483. The van der Waals surface area contributed by atoms with E-state index in [0.29, 0.717) is 5.92 Å². The fraction of sp³-hybridized carbons (Fsp3) is 0.857. The van der Waals surface area contributed by atoms with Crippen molar-refractivity contribution in [2.75, 3.05) is 12.4 Å². The highest BCUT2D eigenvalue weighted by Crippen LogP contribution is 2.23. The van der Waals surface area contributed by atoms with Crippen LogP contribution in [0.4, 0.5) is 0 Å². The number of amides is 1. The average Bonchev–Trinajstić information content (AvgIpc) is 2.40. The lowest BCUT2D eigenvalue weighted by Crippen LogP contribution is -2.46. The first kappa shape index (κ1) is 18.9. The van der Waals surface area contributed by atoms with E-state index >= 15 is 0 Å². The van der Waals surface area contributed by atoms with Gasteiger partial charge in [0, 0.05) is 6.04 Å². The average molecular weight is 334 g/mol. The van der Waals surface area contributed by atoms with Crippen molar-refractivity contribution in [1.82, 2.24) is 10.0 Å². The molecule has 0 saturated heterocycles. The van der Waals surface area contributed by atoms with Crippen molar-refractivity contribution < 1.29 is 22.7 Å². The normalized spacial score (nSPS) is 23.6. The molecule has 1 fully saturated rings. The second-order valence-corrected chi connectivity index (χ2v) is 7.63. The van der Waals surface area contributed by atoms with Crippen LogP contribution in [-0.4, -0.2) is 44.7 Å². The van der Waals surface area contributed by atoms with Gasteiger partial charge in [-0.2, -0.15) is 0 Å². The third-order valence-electron chi connectivity index (χ3n) is 3.70. The molecule has 2 N–H and O–H groups in total. The molecule has 1 atom stereocenters. The van der Waals surface area contributed by atoms with Crippen molar-refractivity contribution in [3.63, 3.8) is 0 Å². The maximum atomic E-state index is 12.0. The summed E-state index contributed by atoms with van der Waals surface area (Å²) >= 11 is 0. The summed E-state index contributed by atoms with van der Waals surface area (Å²) in [5, 5.41) is 2.33. The van der Waals surface area contributed by atoms with E-state index < -0.39 is 33.7 Å². The van der Waals surface area contributed by atoms with Crippen molar-refractivity contribution in [2.24, 2.45) is 5.92 Å². The highest BCUT2D eigenvalue weighted by molar-refractivity contribution is 7.90. The van der Waals surface area contributed by atoms with Gasteiger partial charge in [0.15, 0.2) is 0 Å². The monoisotopic (exact) mass is 334 g/mol. The van der Waals surface area contributed by atoms with E-state index in [1.165, 1.54) is 6.92 Å². The van der Waals surface area contributed by atoms with E-state index in [1.807, 2.05) is 0 Å². The molecule has 1 aliphatic rings. The molecular formula is C14H26N2O5S. The Morgan fingerprint density at radius 1 is 1.23 bits per heavy atom. The zero-order valence-corrected chi connectivity index (χ0v) is 14.2. The molecule has 0 aromatic rings. The summed E-state index contributed by atoms with van der Waals surface area (Å²) in [6.45, 7) is 5.47. The Morgan fingerprint density at radius 2 is 1.82 bits per heavy atom. The summed E-state index contributed by atoms with van der Waals surface area (Å²) in [6.07, 6.45) is 3.56. The van der Waals surface area contributed by atoms with Gasteiger partial charge in [0.2, 0.25) is 15.9 Å². The van der Waals surface area contributed by atoms with Crippen LogP contribution >= 0.6 is 0 Å². The Balaban J connectivity index is 2.43. The summed E-state index contributed by atoms with van der Waals surface area (Å²) in [7, 11) is -3.70. The molecule has 1 unspecified atom stereocenters. The SMILES string of the molecule is CCOC(=O)C(C)NC(=O)CS(=O)(=O)NC1CCC(C)CC1. The summed E-state index contributed by atoms with van der Waals surface area (Å²) in [5.74, 6) is -1.35. The molecule has 0 aromatic carbocycles. The number of esters is 1. The third kappa shape index (κ3) is 6.74. The van der Waals surface area contributed by atoms with Crippen molar-refractivity contribution in [2.45, 2.75) is 58.5 Å². The van der Waals surface area contributed by atoms with E-state index in [-0.39, 0.29) is 12.6 Å². The van der Waals surface area contributed by atoms with Crippen LogP contribution in [0.3, 0.4) is 0 Å². The summed E-state index contributed by atoms with van der Waals surface area (Å²) in [5.41, 5.74) is 0. The molecule has 22 heavy (non-hydrogen) atoms. The molecule has 0 spiro atoms. The fourth-order valence-electron chi connectivity index (χ4n) is 2.46. The summed E-state index contributed by atoms with van der Waals surface area (Å²) in [6, 6.07) is -0.963. The summed E-state index contributed by atoms with van der Waals surface area (Å²) < 4.78 is 31.3. The van der Waals surface area contributed by atoms with Gasteiger partial charge in [0.1, 0.15) is 11.8 Å². The minimum Gasteiger partial charge on any atom is -0.464 e. The van der Waals surface area contributed by atoms with Gasteiger partial charge in [-0.3, -0.25) is 4.79 Å². The van der Waals surface area contributed by atoms with E-state index in [0.717, 1.165) is 25.7 Å². The number of hydrogen-bond donors (Lipinski definition) is 2. The largest absolute Gasteiger partial charge is 0.464 e. The van der Waals surface area contributed by atoms with Gasteiger partial charge in [-0.05, 0) is 45.4 Å². The van der Waals surface area contributed by atoms with Crippen LogP contribution < -0.4 is 10.0 Å². The fourth-order valence-corrected chi connectivity index (χ4v) is 3.71. The zero-order valence-electron chi connectivity index (χ0n) is 13.4.